The van der Waals surface area contributed by atoms with Crippen LogP contribution in [0.25, 0.3) is 0 Å². The van der Waals surface area contributed by atoms with Gasteiger partial charge in [-0.2, -0.15) is 0 Å². The largest absolute Gasteiger partial charge is 0.487 e. The van der Waals surface area contributed by atoms with E-state index in [1.54, 1.807) is 18.2 Å². The van der Waals surface area contributed by atoms with E-state index in [0.717, 1.165) is 0 Å². The van der Waals surface area contributed by atoms with Crippen LogP contribution in [0.4, 0.5) is 4.39 Å². The van der Waals surface area contributed by atoms with Crippen molar-refractivity contribution in [2.45, 2.75) is 13.2 Å². The molecule has 19 heavy (non-hydrogen) atoms. The molecule has 0 heterocycles. The van der Waals surface area contributed by atoms with Crippen molar-refractivity contribution in [3.05, 3.63) is 63.4 Å². The molecule has 0 saturated carbocycles. The molecule has 0 unspecified atom stereocenters. The monoisotopic (exact) mass is 300 g/mol. The topological polar surface area (TPSA) is 29.5 Å². The first-order chi connectivity index (χ1) is 9.10. The molecule has 0 spiro atoms. The van der Waals surface area contributed by atoms with Crippen molar-refractivity contribution in [3.8, 4) is 5.75 Å². The number of benzene rings is 2. The van der Waals surface area contributed by atoms with E-state index >= 15 is 0 Å². The highest BCUT2D eigenvalue weighted by molar-refractivity contribution is 6.35. The van der Waals surface area contributed by atoms with Gasteiger partial charge in [-0.25, -0.2) is 4.39 Å². The molecule has 100 valence electrons. The Labute approximate surface area is 120 Å². The van der Waals surface area contributed by atoms with Crippen LogP contribution in [0.1, 0.15) is 11.1 Å². The minimum absolute atomic E-state index is 0.159. The molecule has 0 fully saturated rings. The highest BCUT2D eigenvalue weighted by Gasteiger charge is 2.10. The number of rotatable bonds is 4. The smallest absolute Gasteiger partial charge is 0.144 e. The zero-order valence-electron chi connectivity index (χ0n) is 9.87. The Hall–Kier alpha value is -1.29. The maximum absolute atomic E-state index is 13.0. The average molecular weight is 301 g/mol. The number of hydrogen-bond donors (Lipinski definition) is 1. The lowest BCUT2D eigenvalue weighted by molar-refractivity contribution is 0.259. The van der Waals surface area contributed by atoms with Crippen molar-refractivity contribution < 1.29 is 14.2 Å². The van der Waals surface area contributed by atoms with E-state index < -0.39 is 0 Å². The van der Waals surface area contributed by atoms with Crippen LogP contribution >= 0.6 is 23.2 Å². The average Bonchev–Trinajstić information content (AvgIpc) is 2.37. The van der Waals surface area contributed by atoms with Gasteiger partial charge in [0.05, 0.1) is 11.6 Å². The van der Waals surface area contributed by atoms with Gasteiger partial charge in [-0.1, -0.05) is 35.3 Å². The Balaban J connectivity index is 2.19. The summed E-state index contributed by atoms with van der Waals surface area (Å²) >= 11 is 11.9. The van der Waals surface area contributed by atoms with E-state index in [1.165, 1.54) is 18.2 Å². The lowest BCUT2D eigenvalue weighted by Gasteiger charge is -2.12. The van der Waals surface area contributed by atoms with E-state index in [1.807, 2.05) is 0 Å². The fourth-order valence-electron chi connectivity index (χ4n) is 1.67. The van der Waals surface area contributed by atoms with Crippen molar-refractivity contribution in [3.63, 3.8) is 0 Å². The van der Waals surface area contributed by atoms with Gasteiger partial charge in [-0.3, -0.25) is 0 Å². The third kappa shape index (κ3) is 3.60. The second-order valence-corrected chi connectivity index (χ2v) is 4.80. The molecule has 0 aliphatic rings. The molecule has 0 radical (unpaired) electrons. The molecule has 1 N–H and O–H groups in total. The predicted octanol–water partition coefficient (Wildman–Crippen LogP) is 4.20. The minimum Gasteiger partial charge on any atom is -0.487 e. The van der Waals surface area contributed by atoms with Crippen molar-refractivity contribution in [1.29, 1.82) is 0 Å². The van der Waals surface area contributed by atoms with Gasteiger partial charge >= 0.3 is 0 Å². The van der Waals surface area contributed by atoms with Gasteiger partial charge in [0.1, 0.15) is 18.2 Å². The highest BCUT2D eigenvalue weighted by Crippen LogP contribution is 2.33. The Kier molecular flexibility index (Phi) is 4.64. The van der Waals surface area contributed by atoms with Crippen LogP contribution in [-0.4, -0.2) is 5.11 Å². The molecule has 5 heteroatoms. The van der Waals surface area contributed by atoms with Gasteiger partial charge in [0, 0.05) is 10.6 Å². The molecule has 2 aromatic carbocycles. The molecule has 0 saturated heterocycles. The Bertz CT molecular complexity index is 588. The van der Waals surface area contributed by atoms with Gasteiger partial charge in [-0.15, -0.1) is 0 Å². The highest BCUT2D eigenvalue weighted by atomic mass is 35.5. The van der Waals surface area contributed by atoms with Crippen molar-refractivity contribution >= 4 is 23.2 Å². The first kappa shape index (κ1) is 14.1. The fraction of sp³-hybridized carbons (Fsp3) is 0.143. The molecule has 0 aliphatic carbocycles. The first-order valence-corrected chi connectivity index (χ1v) is 6.32. The number of halogens is 3. The fourth-order valence-corrected chi connectivity index (χ4v) is 2.27. The molecular formula is C14H11Cl2FO2. The molecule has 2 nitrogen and oxygen atoms in total. The van der Waals surface area contributed by atoms with Crippen molar-refractivity contribution in [2.24, 2.45) is 0 Å². The zero-order chi connectivity index (χ0) is 13.8. The molecule has 0 bridgehead atoms. The molecule has 0 aromatic heterocycles. The summed E-state index contributed by atoms with van der Waals surface area (Å²) in [5, 5.41) is 9.99. The predicted molar refractivity (Wildman–Crippen MR) is 73.1 cm³/mol. The van der Waals surface area contributed by atoms with E-state index in [4.69, 9.17) is 27.9 Å². The van der Waals surface area contributed by atoms with Crippen LogP contribution in [0, 0.1) is 5.82 Å². The van der Waals surface area contributed by atoms with Crippen LogP contribution in [0.15, 0.2) is 36.4 Å². The number of aliphatic hydroxyl groups is 1. The summed E-state index contributed by atoms with van der Waals surface area (Å²) in [5.74, 6) is 0.0310. The van der Waals surface area contributed by atoms with Gasteiger partial charge < -0.3 is 9.84 Å². The number of hydrogen-bond acceptors (Lipinski definition) is 2. The Morgan fingerprint density at radius 1 is 1.16 bits per heavy atom. The summed E-state index contributed by atoms with van der Waals surface area (Å²) in [7, 11) is 0. The molecule has 2 aromatic rings. The summed E-state index contributed by atoms with van der Waals surface area (Å²) in [6.45, 7) is -0.0785. The maximum atomic E-state index is 13.0. The Morgan fingerprint density at radius 2 is 1.95 bits per heavy atom. The second kappa shape index (κ2) is 6.24. The van der Waals surface area contributed by atoms with Crippen molar-refractivity contribution in [2.75, 3.05) is 0 Å². The SMILES string of the molecule is OCc1cc(Cl)cc(Cl)c1OCc1cccc(F)c1. The number of aliphatic hydroxyl groups excluding tert-OH is 1. The Morgan fingerprint density at radius 3 is 2.63 bits per heavy atom. The molecule has 0 amide bonds. The van der Waals surface area contributed by atoms with Gasteiger partial charge in [0.2, 0.25) is 0 Å². The summed E-state index contributed by atoms with van der Waals surface area (Å²) < 4.78 is 18.6. The van der Waals surface area contributed by atoms with Gasteiger partial charge in [0.25, 0.3) is 0 Å². The standard InChI is InChI=1S/C14H11Cl2FO2/c15-11-5-10(7-18)14(13(16)6-11)19-8-9-2-1-3-12(17)4-9/h1-6,18H,7-8H2. The maximum Gasteiger partial charge on any atom is 0.144 e. The van der Waals surface area contributed by atoms with Crippen LogP contribution < -0.4 is 4.74 Å². The molecule has 0 atom stereocenters. The van der Waals surface area contributed by atoms with Crippen LogP contribution in [0.2, 0.25) is 10.0 Å². The van der Waals surface area contributed by atoms with E-state index in [0.29, 0.717) is 26.9 Å². The third-order valence-corrected chi connectivity index (χ3v) is 3.03. The van der Waals surface area contributed by atoms with Crippen LogP contribution in [-0.2, 0) is 13.2 Å². The second-order valence-electron chi connectivity index (χ2n) is 3.95. The third-order valence-electron chi connectivity index (χ3n) is 2.53. The molecular weight excluding hydrogens is 290 g/mol. The van der Waals surface area contributed by atoms with Crippen LogP contribution in [0.5, 0.6) is 5.75 Å². The number of ether oxygens (including phenoxy) is 1. The molecule has 2 rings (SSSR count). The zero-order valence-corrected chi connectivity index (χ0v) is 11.4. The lowest BCUT2D eigenvalue weighted by atomic mass is 10.2. The van der Waals surface area contributed by atoms with E-state index in [9.17, 15) is 9.50 Å². The summed E-state index contributed by atoms with van der Waals surface area (Å²) in [6.07, 6.45) is 0. The summed E-state index contributed by atoms with van der Waals surface area (Å²) in [6, 6.07) is 9.19. The minimum atomic E-state index is -0.328. The summed E-state index contributed by atoms with van der Waals surface area (Å²) in [5.41, 5.74) is 1.17. The van der Waals surface area contributed by atoms with Crippen LogP contribution in [0.3, 0.4) is 0 Å². The van der Waals surface area contributed by atoms with Gasteiger partial charge in [-0.05, 0) is 29.8 Å². The summed E-state index contributed by atoms with van der Waals surface area (Å²) in [4.78, 5) is 0. The van der Waals surface area contributed by atoms with E-state index in [-0.39, 0.29) is 19.0 Å². The quantitative estimate of drug-likeness (QED) is 0.917. The normalized spacial score (nSPS) is 10.5. The molecule has 0 aliphatic heterocycles. The first-order valence-electron chi connectivity index (χ1n) is 5.56. The van der Waals surface area contributed by atoms with Crippen molar-refractivity contribution in [1.82, 2.24) is 0 Å². The lowest BCUT2D eigenvalue weighted by Crippen LogP contribution is -2.00. The van der Waals surface area contributed by atoms with Gasteiger partial charge in [0.15, 0.2) is 0 Å². The van der Waals surface area contributed by atoms with E-state index in [2.05, 4.69) is 0 Å².